The minimum absolute atomic E-state index is 0.0123. The van der Waals surface area contributed by atoms with Gasteiger partial charge < -0.3 is 14.5 Å². The van der Waals surface area contributed by atoms with Gasteiger partial charge in [-0.2, -0.15) is 9.97 Å². The molecule has 7 rings (SSSR count). The average Bonchev–Trinajstić information content (AvgIpc) is 3.50. The molecule has 4 atom stereocenters. The van der Waals surface area contributed by atoms with E-state index in [-0.39, 0.29) is 46.8 Å². The minimum Gasteiger partial charge on any atom is -0.462 e. The molecule has 0 N–H and O–H groups in total. The maximum Gasteiger partial charge on any atom is 0.319 e. The number of rotatable bonds is 6. The second-order valence-corrected chi connectivity index (χ2v) is 12.0. The summed E-state index contributed by atoms with van der Waals surface area (Å²) < 4.78 is 64.7. The van der Waals surface area contributed by atoms with Crippen LogP contribution in [0.4, 0.5) is 23.4 Å². The summed E-state index contributed by atoms with van der Waals surface area (Å²) in [6, 6.07) is 10.6. The number of likely N-dealkylation sites (tertiary alicyclic amines) is 2. The molecule has 0 bridgehead atoms. The van der Waals surface area contributed by atoms with E-state index in [9.17, 15) is 18.0 Å². The van der Waals surface area contributed by atoms with Crippen LogP contribution in [0.1, 0.15) is 12.8 Å². The molecule has 3 saturated heterocycles. The fraction of sp³-hybridized carbons (Fsp3) is 0.344. The summed E-state index contributed by atoms with van der Waals surface area (Å²) in [6.07, 6.45) is -0.102. The Kier molecular flexibility index (Phi) is 7.12. The lowest BCUT2D eigenvalue weighted by Crippen LogP contribution is -2.63. The van der Waals surface area contributed by atoms with Crippen LogP contribution in [0.3, 0.4) is 0 Å². The number of alkyl halides is 1. The van der Waals surface area contributed by atoms with Crippen molar-refractivity contribution in [2.45, 2.75) is 37.1 Å². The normalized spacial score (nSPS) is 23.3. The number of hydrogen-bond donors (Lipinski definition) is 0. The number of amides is 1. The molecule has 3 aliphatic rings. The van der Waals surface area contributed by atoms with Crippen LogP contribution in [-0.4, -0.2) is 83.3 Å². The van der Waals surface area contributed by atoms with Gasteiger partial charge in [-0.1, -0.05) is 48.5 Å². The molecule has 3 aromatic carbocycles. The van der Waals surface area contributed by atoms with E-state index >= 15 is 4.39 Å². The molecule has 0 saturated carbocycles. The number of anilines is 1. The van der Waals surface area contributed by atoms with Crippen LogP contribution in [0.5, 0.6) is 6.01 Å². The number of carbonyl (C=O) groups excluding carboxylic acids is 1. The molecule has 12 heteroatoms. The Balaban J connectivity index is 1.32. The van der Waals surface area contributed by atoms with E-state index in [1.165, 1.54) is 11.0 Å². The molecule has 3 aliphatic heterocycles. The van der Waals surface area contributed by atoms with Crippen LogP contribution in [0.15, 0.2) is 54.9 Å². The smallest absolute Gasteiger partial charge is 0.319 e. The van der Waals surface area contributed by atoms with Crippen molar-refractivity contribution in [3.63, 3.8) is 0 Å². The molecule has 1 unspecified atom stereocenters. The van der Waals surface area contributed by atoms with Crippen LogP contribution in [0.2, 0.25) is 5.02 Å². The average molecular weight is 626 g/mol. The Hall–Kier alpha value is -3.96. The van der Waals surface area contributed by atoms with Crippen molar-refractivity contribution in [3.8, 4) is 17.1 Å². The first-order chi connectivity index (χ1) is 21.1. The first-order valence-corrected chi connectivity index (χ1v) is 14.8. The van der Waals surface area contributed by atoms with Crippen molar-refractivity contribution >= 4 is 45.0 Å². The Morgan fingerprint density at radius 1 is 1.09 bits per heavy atom. The number of nitrogens with zero attached hydrogens (tertiary/aromatic N) is 5. The molecule has 0 spiro atoms. The molecule has 3 fully saturated rings. The van der Waals surface area contributed by atoms with Crippen molar-refractivity contribution in [2.75, 3.05) is 38.2 Å². The summed E-state index contributed by atoms with van der Waals surface area (Å²) >= 11 is 6.36. The third kappa shape index (κ3) is 4.64. The number of carbonyl (C=O) groups is 1. The number of halogens is 5. The van der Waals surface area contributed by atoms with Gasteiger partial charge in [0, 0.05) is 42.0 Å². The van der Waals surface area contributed by atoms with Gasteiger partial charge in [-0.25, -0.2) is 17.6 Å². The van der Waals surface area contributed by atoms with E-state index < -0.39 is 29.5 Å². The van der Waals surface area contributed by atoms with Gasteiger partial charge in [-0.3, -0.25) is 9.69 Å². The van der Waals surface area contributed by atoms with E-state index in [0.29, 0.717) is 60.0 Å². The zero-order valence-electron chi connectivity index (χ0n) is 23.7. The Bertz CT molecular complexity index is 1840. The number of benzene rings is 3. The monoisotopic (exact) mass is 625 g/mol. The highest BCUT2D eigenvalue weighted by Gasteiger charge is 2.50. The minimum atomic E-state index is -1.01. The molecule has 4 aromatic rings. The molecule has 1 aromatic heterocycles. The molecule has 7 nitrogen and oxygen atoms in total. The molecule has 1 amide bonds. The number of fused-ring (bicyclic) bond motifs is 3. The number of aromatic nitrogens is 2. The summed E-state index contributed by atoms with van der Waals surface area (Å²) in [5.74, 6) is -2.62. The van der Waals surface area contributed by atoms with Crippen molar-refractivity contribution in [3.05, 3.63) is 71.5 Å². The van der Waals surface area contributed by atoms with Crippen LogP contribution < -0.4 is 9.64 Å². The van der Waals surface area contributed by atoms with E-state index in [4.69, 9.17) is 16.3 Å². The highest BCUT2D eigenvalue weighted by Crippen LogP contribution is 2.43. The quantitative estimate of drug-likeness (QED) is 0.191. The Morgan fingerprint density at radius 2 is 1.91 bits per heavy atom. The van der Waals surface area contributed by atoms with Gasteiger partial charge in [0.05, 0.1) is 17.1 Å². The molecular weight excluding hydrogens is 598 g/mol. The Labute approximate surface area is 255 Å². The summed E-state index contributed by atoms with van der Waals surface area (Å²) in [7, 11) is 1.81. The van der Waals surface area contributed by atoms with Gasteiger partial charge in [-0.05, 0) is 43.0 Å². The molecular formula is C32H28ClF4N5O2. The molecule has 44 heavy (non-hydrogen) atoms. The zero-order chi connectivity index (χ0) is 30.9. The standard InChI is InChI=1S/C32H28ClF4N5O2/c1-16(34)31(43)41-11-10-24-25(41)14-42(24)30-22-8-7-21(20-5-3-4-17-6-9-23(36)27(33)26(17)20)28(37)29(22)38-32(39-30)44-15-19-12-18(35)13-40(19)2/h3-9,18-19,24-25H,1,10-15H2,2H3/t18-,19+,24?,25-/m1/s1. The summed E-state index contributed by atoms with van der Waals surface area (Å²) in [6.45, 7) is 4.25. The van der Waals surface area contributed by atoms with E-state index in [1.54, 1.807) is 36.4 Å². The van der Waals surface area contributed by atoms with Crippen molar-refractivity contribution in [1.82, 2.24) is 19.8 Å². The van der Waals surface area contributed by atoms with Crippen LogP contribution in [0.25, 0.3) is 32.8 Å². The van der Waals surface area contributed by atoms with Gasteiger partial charge in [0.2, 0.25) is 0 Å². The van der Waals surface area contributed by atoms with Gasteiger partial charge in [0.15, 0.2) is 11.6 Å². The van der Waals surface area contributed by atoms with E-state index in [2.05, 4.69) is 16.5 Å². The Morgan fingerprint density at radius 3 is 2.66 bits per heavy atom. The largest absolute Gasteiger partial charge is 0.462 e. The highest BCUT2D eigenvalue weighted by atomic mass is 35.5. The zero-order valence-corrected chi connectivity index (χ0v) is 24.5. The maximum atomic E-state index is 16.6. The molecule has 228 valence electrons. The van der Waals surface area contributed by atoms with Crippen molar-refractivity contribution in [1.29, 1.82) is 0 Å². The lowest BCUT2D eigenvalue weighted by molar-refractivity contribution is -0.130. The van der Waals surface area contributed by atoms with Gasteiger partial charge in [-0.15, -0.1) is 0 Å². The first kappa shape index (κ1) is 28.8. The second kappa shape index (κ2) is 10.9. The van der Waals surface area contributed by atoms with E-state index in [1.807, 2.05) is 16.8 Å². The predicted molar refractivity (Wildman–Crippen MR) is 160 cm³/mol. The van der Waals surface area contributed by atoms with Crippen LogP contribution in [0, 0.1) is 11.6 Å². The first-order valence-electron chi connectivity index (χ1n) is 14.4. The number of hydrogen-bond acceptors (Lipinski definition) is 6. The topological polar surface area (TPSA) is 61.8 Å². The van der Waals surface area contributed by atoms with Crippen molar-refractivity contribution < 1.29 is 27.1 Å². The summed E-state index contributed by atoms with van der Waals surface area (Å²) in [5.41, 5.74) is 0.556. The van der Waals surface area contributed by atoms with Crippen LogP contribution in [-0.2, 0) is 4.79 Å². The third-order valence-corrected chi connectivity index (χ3v) is 9.46. The molecule has 4 heterocycles. The fourth-order valence-electron chi connectivity index (χ4n) is 6.80. The fourth-order valence-corrected chi connectivity index (χ4v) is 7.07. The SMILES string of the molecule is C=C(F)C(=O)N1CCC2[C@H]1CN2c1nc(OC[C@@H]2C[C@@H](F)CN2C)nc2c(F)c(-c3cccc4ccc(F)c(Cl)c34)ccc12. The van der Waals surface area contributed by atoms with Gasteiger partial charge in [0.1, 0.15) is 29.9 Å². The molecule has 0 aliphatic carbocycles. The second-order valence-electron chi connectivity index (χ2n) is 11.6. The van der Waals surface area contributed by atoms with Gasteiger partial charge in [0.25, 0.3) is 5.91 Å². The lowest BCUT2D eigenvalue weighted by atomic mass is 9.94. The van der Waals surface area contributed by atoms with Crippen molar-refractivity contribution in [2.24, 2.45) is 0 Å². The third-order valence-electron chi connectivity index (χ3n) is 9.09. The number of ether oxygens (including phenoxy) is 1. The van der Waals surface area contributed by atoms with E-state index in [0.717, 1.165) is 0 Å². The summed E-state index contributed by atoms with van der Waals surface area (Å²) in [5, 5.41) is 1.32. The van der Waals surface area contributed by atoms with Crippen LogP contribution >= 0.6 is 11.6 Å². The predicted octanol–water partition coefficient (Wildman–Crippen LogP) is 6.08. The summed E-state index contributed by atoms with van der Waals surface area (Å²) in [4.78, 5) is 26.7. The number of likely N-dealkylation sites (N-methyl/N-ethyl adjacent to an activating group) is 1. The lowest BCUT2D eigenvalue weighted by Gasteiger charge is -2.47. The maximum absolute atomic E-state index is 16.6. The highest BCUT2D eigenvalue weighted by molar-refractivity contribution is 6.37. The molecule has 0 radical (unpaired) electrons. The van der Waals surface area contributed by atoms with Gasteiger partial charge >= 0.3 is 6.01 Å².